The molecule has 1 fully saturated rings. The Labute approximate surface area is 111 Å². The van der Waals surface area contributed by atoms with Gasteiger partial charge in [0.25, 0.3) is 0 Å². The summed E-state index contributed by atoms with van der Waals surface area (Å²) in [6.45, 7) is 5.58. The number of hydrogen-bond donors (Lipinski definition) is 1. The molecule has 0 radical (unpaired) electrons. The monoisotopic (exact) mass is 247 g/mol. The van der Waals surface area contributed by atoms with Gasteiger partial charge in [-0.15, -0.1) is 0 Å². The van der Waals surface area contributed by atoms with Gasteiger partial charge in [0.05, 0.1) is 0 Å². The summed E-state index contributed by atoms with van der Waals surface area (Å²) in [5.41, 5.74) is 7.52. The van der Waals surface area contributed by atoms with Crippen LogP contribution in [0.3, 0.4) is 0 Å². The molecular formula is C15H25N3. The Bertz CT molecular complexity index is 363. The molecule has 0 saturated carbocycles. The molecule has 0 aromatic heterocycles. The highest BCUT2D eigenvalue weighted by atomic mass is 15.2. The van der Waals surface area contributed by atoms with Crippen LogP contribution in [0.25, 0.3) is 0 Å². The molecule has 3 heteroatoms. The van der Waals surface area contributed by atoms with Gasteiger partial charge in [-0.3, -0.25) is 4.90 Å². The van der Waals surface area contributed by atoms with E-state index in [9.17, 15) is 0 Å². The Morgan fingerprint density at radius 2 is 1.94 bits per heavy atom. The first-order chi connectivity index (χ1) is 8.58. The van der Waals surface area contributed by atoms with Gasteiger partial charge in [0, 0.05) is 31.7 Å². The minimum atomic E-state index is 0.124. The average Bonchev–Trinajstić information content (AvgIpc) is 2.71. The molecule has 1 saturated heterocycles. The maximum absolute atomic E-state index is 6.29. The Morgan fingerprint density at radius 3 is 2.50 bits per heavy atom. The first-order valence-electron chi connectivity index (χ1n) is 6.77. The molecule has 1 aliphatic heterocycles. The molecule has 0 amide bonds. The standard InChI is InChI=1S/C15H25N3/c1-12-9-18(11-15(12)17(2)3)10-14(16)13-7-5-4-6-8-13/h4-8,12,14-15H,9-11,16H2,1-3H3. The summed E-state index contributed by atoms with van der Waals surface area (Å²) in [4.78, 5) is 4.83. The second-order valence-corrected chi connectivity index (χ2v) is 5.74. The maximum atomic E-state index is 6.29. The van der Waals surface area contributed by atoms with Crippen molar-refractivity contribution in [1.29, 1.82) is 0 Å². The van der Waals surface area contributed by atoms with Crippen LogP contribution in [0.1, 0.15) is 18.5 Å². The van der Waals surface area contributed by atoms with E-state index in [0.29, 0.717) is 6.04 Å². The first-order valence-corrected chi connectivity index (χ1v) is 6.77. The van der Waals surface area contributed by atoms with E-state index in [1.54, 1.807) is 0 Å². The Morgan fingerprint density at radius 1 is 1.28 bits per heavy atom. The van der Waals surface area contributed by atoms with Gasteiger partial charge in [0.15, 0.2) is 0 Å². The van der Waals surface area contributed by atoms with Crippen LogP contribution in [0.15, 0.2) is 30.3 Å². The summed E-state index contributed by atoms with van der Waals surface area (Å²) in [6.07, 6.45) is 0. The van der Waals surface area contributed by atoms with Gasteiger partial charge in [0.2, 0.25) is 0 Å². The number of likely N-dealkylation sites (tertiary alicyclic amines) is 1. The predicted octanol–water partition coefficient (Wildman–Crippen LogP) is 1.57. The predicted molar refractivity (Wildman–Crippen MR) is 76.4 cm³/mol. The average molecular weight is 247 g/mol. The summed E-state index contributed by atoms with van der Waals surface area (Å²) in [5.74, 6) is 0.725. The van der Waals surface area contributed by atoms with Crippen molar-refractivity contribution in [1.82, 2.24) is 9.80 Å². The zero-order chi connectivity index (χ0) is 13.1. The van der Waals surface area contributed by atoms with E-state index in [1.807, 2.05) is 6.07 Å². The highest BCUT2D eigenvalue weighted by Crippen LogP contribution is 2.22. The third kappa shape index (κ3) is 3.10. The van der Waals surface area contributed by atoms with Crippen molar-refractivity contribution in [3.8, 4) is 0 Å². The lowest BCUT2D eigenvalue weighted by atomic mass is 10.1. The summed E-state index contributed by atoms with van der Waals surface area (Å²) < 4.78 is 0. The van der Waals surface area contributed by atoms with Crippen LogP contribution in [0.5, 0.6) is 0 Å². The van der Waals surface area contributed by atoms with Gasteiger partial charge in [-0.25, -0.2) is 0 Å². The number of benzene rings is 1. The minimum absolute atomic E-state index is 0.124. The third-order valence-corrected chi connectivity index (χ3v) is 3.99. The van der Waals surface area contributed by atoms with Gasteiger partial charge in [-0.1, -0.05) is 37.3 Å². The van der Waals surface area contributed by atoms with Crippen molar-refractivity contribution in [2.45, 2.75) is 19.0 Å². The van der Waals surface area contributed by atoms with E-state index in [4.69, 9.17) is 5.73 Å². The molecule has 2 rings (SSSR count). The fourth-order valence-electron chi connectivity index (χ4n) is 2.95. The van der Waals surface area contributed by atoms with Crippen molar-refractivity contribution in [3.05, 3.63) is 35.9 Å². The van der Waals surface area contributed by atoms with Crippen LogP contribution in [0.2, 0.25) is 0 Å². The lowest BCUT2D eigenvalue weighted by Gasteiger charge is -2.23. The van der Waals surface area contributed by atoms with Gasteiger partial charge < -0.3 is 10.6 Å². The minimum Gasteiger partial charge on any atom is -0.323 e. The normalized spacial score (nSPS) is 26.7. The molecule has 3 unspecified atom stereocenters. The topological polar surface area (TPSA) is 32.5 Å². The highest BCUT2D eigenvalue weighted by Gasteiger charge is 2.31. The summed E-state index contributed by atoms with van der Waals surface area (Å²) in [5, 5.41) is 0. The van der Waals surface area contributed by atoms with Crippen LogP contribution in [-0.2, 0) is 0 Å². The molecule has 0 bridgehead atoms. The van der Waals surface area contributed by atoms with E-state index in [0.717, 1.165) is 25.6 Å². The molecule has 0 spiro atoms. The number of rotatable bonds is 4. The maximum Gasteiger partial charge on any atom is 0.0424 e. The summed E-state index contributed by atoms with van der Waals surface area (Å²) in [6, 6.07) is 11.2. The third-order valence-electron chi connectivity index (χ3n) is 3.99. The fourth-order valence-corrected chi connectivity index (χ4v) is 2.95. The Kier molecular flexibility index (Phi) is 4.38. The molecule has 1 aliphatic rings. The number of nitrogens with zero attached hydrogens (tertiary/aromatic N) is 2. The SMILES string of the molecule is CC1CN(CC(N)c2ccccc2)CC1N(C)C. The zero-order valence-corrected chi connectivity index (χ0v) is 11.7. The molecule has 1 heterocycles. The molecule has 2 N–H and O–H groups in total. The van der Waals surface area contributed by atoms with Gasteiger partial charge in [-0.2, -0.15) is 0 Å². The molecule has 3 nitrogen and oxygen atoms in total. The fraction of sp³-hybridized carbons (Fsp3) is 0.600. The molecule has 3 atom stereocenters. The molecule has 18 heavy (non-hydrogen) atoms. The van der Waals surface area contributed by atoms with Crippen molar-refractivity contribution in [3.63, 3.8) is 0 Å². The summed E-state index contributed by atoms with van der Waals surface area (Å²) in [7, 11) is 4.34. The van der Waals surface area contributed by atoms with E-state index < -0.39 is 0 Å². The van der Waals surface area contributed by atoms with Crippen LogP contribution in [0, 0.1) is 5.92 Å². The van der Waals surface area contributed by atoms with E-state index in [2.05, 4.69) is 55.1 Å². The van der Waals surface area contributed by atoms with Crippen LogP contribution in [0.4, 0.5) is 0 Å². The number of likely N-dealkylation sites (N-methyl/N-ethyl adjacent to an activating group) is 1. The number of hydrogen-bond acceptors (Lipinski definition) is 3. The summed E-state index contributed by atoms with van der Waals surface area (Å²) >= 11 is 0. The largest absolute Gasteiger partial charge is 0.323 e. The lowest BCUT2D eigenvalue weighted by Crippen LogP contribution is -2.36. The first kappa shape index (κ1) is 13.5. The van der Waals surface area contributed by atoms with E-state index in [1.165, 1.54) is 5.56 Å². The van der Waals surface area contributed by atoms with Crippen LogP contribution in [-0.4, -0.2) is 49.6 Å². The lowest BCUT2D eigenvalue weighted by molar-refractivity contribution is 0.248. The molecule has 1 aromatic carbocycles. The highest BCUT2D eigenvalue weighted by molar-refractivity contribution is 5.18. The van der Waals surface area contributed by atoms with Crippen molar-refractivity contribution in [2.24, 2.45) is 11.7 Å². The smallest absolute Gasteiger partial charge is 0.0424 e. The van der Waals surface area contributed by atoms with Crippen molar-refractivity contribution >= 4 is 0 Å². The van der Waals surface area contributed by atoms with Crippen LogP contribution < -0.4 is 5.73 Å². The molecule has 100 valence electrons. The van der Waals surface area contributed by atoms with Gasteiger partial charge in [-0.05, 0) is 25.6 Å². The van der Waals surface area contributed by atoms with Crippen molar-refractivity contribution in [2.75, 3.05) is 33.7 Å². The quantitative estimate of drug-likeness (QED) is 0.876. The molecular weight excluding hydrogens is 222 g/mol. The van der Waals surface area contributed by atoms with E-state index in [-0.39, 0.29) is 6.04 Å². The van der Waals surface area contributed by atoms with Crippen LogP contribution >= 0.6 is 0 Å². The Hall–Kier alpha value is -0.900. The van der Waals surface area contributed by atoms with Gasteiger partial charge >= 0.3 is 0 Å². The molecule has 1 aromatic rings. The zero-order valence-electron chi connectivity index (χ0n) is 11.7. The molecule has 0 aliphatic carbocycles. The second kappa shape index (κ2) is 5.83. The van der Waals surface area contributed by atoms with E-state index >= 15 is 0 Å². The van der Waals surface area contributed by atoms with Gasteiger partial charge in [0.1, 0.15) is 0 Å². The number of nitrogens with two attached hydrogens (primary N) is 1. The Balaban J connectivity index is 1.92. The second-order valence-electron chi connectivity index (χ2n) is 5.74. The van der Waals surface area contributed by atoms with Crippen molar-refractivity contribution < 1.29 is 0 Å².